The van der Waals surface area contributed by atoms with E-state index in [1.54, 1.807) is 7.05 Å². The molecule has 1 aromatic rings. The maximum Gasteiger partial charge on any atom is 0.255 e. The van der Waals surface area contributed by atoms with Crippen molar-refractivity contribution in [1.29, 1.82) is 0 Å². The van der Waals surface area contributed by atoms with Crippen LogP contribution in [0.1, 0.15) is 37.6 Å². The number of aryl methyl sites for hydroxylation is 2. The standard InChI is InChI=1S/C15H25F2N3/c1-10-7-11(2)19-14(20(6)9-13(16)17)12(10)8-18-15(3,4)5/h7,13,18H,8-9H2,1-6H3. The number of anilines is 1. The highest BCUT2D eigenvalue weighted by molar-refractivity contribution is 5.51. The van der Waals surface area contributed by atoms with Crippen molar-refractivity contribution in [1.82, 2.24) is 10.3 Å². The first-order valence-electron chi connectivity index (χ1n) is 6.81. The summed E-state index contributed by atoms with van der Waals surface area (Å²) in [6.07, 6.45) is -2.37. The molecule has 0 spiro atoms. The number of hydrogen-bond donors (Lipinski definition) is 1. The van der Waals surface area contributed by atoms with Gasteiger partial charge < -0.3 is 10.2 Å². The average Bonchev–Trinajstić information content (AvgIpc) is 2.24. The number of halogens is 2. The Morgan fingerprint density at radius 1 is 1.30 bits per heavy atom. The summed E-state index contributed by atoms with van der Waals surface area (Å²) in [6.45, 7) is 10.4. The molecule has 1 aromatic heterocycles. The first kappa shape index (κ1) is 16.8. The summed E-state index contributed by atoms with van der Waals surface area (Å²) in [4.78, 5) is 5.97. The summed E-state index contributed by atoms with van der Waals surface area (Å²) < 4.78 is 25.2. The van der Waals surface area contributed by atoms with E-state index in [1.165, 1.54) is 4.90 Å². The van der Waals surface area contributed by atoms with Gasteiger partial charge in [-0.25, -0.2) is 13.8 Å². The molecule has 0 amide bonds. The highest BCUT2D eigenvalue weighted by Gasteiger charge is 2.18. The number of nitrogens with one attached hydrogen (secondary N) is 1. The highest BCUT2D eigenvalue weighted by Crippen LogP contribution is 2.23. The minimum absolute atomic E-state index is 0.0319. The molecule has 0 unspecified atom stereocenters. The molecule has 0 aliphatic carbocycles. The lowest BCUT2D eigenvalue weighted by molar-refractivity contribution is 0.156. The Balaban J connectivity index is 3.07. The molecule has 3 nitrogen and oxygen atoms in total. The lowest BCUT2D eigenvalue weighted by Crippen LogP contribution is -2.36. The normalized spacial score (nSPS) is 12.1. The fraction of sp³-hybridized carbons (Fsp3) is 0.667. The second kappa shape index (κ2) is 6.48. The molecule has 0 saturated carbocycles. The lowest BCUT2D eigenvalue weighted by Gasteiger charge is -2.26. The van der Waals surface area contributed by atoms with Gasteiger partial charge in [0, 0.05) is 30.4 Å². The minimum atomic E-state index is -2.37. The zero-order valence-electron chi connectivity index (χ0n) is 13.2. The maximum absolute atomic E-state index is 12.6. The predicted octanol–water partition coefficient (Wildman–Crippen LogP) is 3.29. The Kier molecular flexibility index (Phi) is 5.45. The molecule has 0 bridgehead atoms. The Labute approximate surface area is 120 Å². The quantitative estimate of drug-likeness (QED) is 0.900. The summed E-state index contributed by atoms with van der Waals surface area (Å²) >= 11 is 0. The Hall–Kier alpha value is -1.23. The van der Waals surface area contributed by atoms with Gasteiger partial charge in [0.05, 0.1) is 6.54 Å². The number of rotatable bonds is 5. The molecule has 0 aliphatic heterocycles. The van der Waals surface area contributed by atoms with E-state index in [1.807, 2.05) is 19.9 Å². The van der Waals surface area contributed by atoms with Crippen molar-refractivity contribution in [2.75, 3.05) is 18.5 Å². The van der Waals surface area contributed by atoms with Gasteiger partial charge in [0.15, 0.2) is 0 Å². The lowest BCUT2D eigenvalue weighted by atomic mass is 10.1. The third kappa shape index (κ3) is 5.04. The number of alkyl halides is 2. The molecular formula is C15H25F2N3. The molecule has 0 aliphatic rings. The molecule has 1 N–H and O–H groups in total. The van der Waals surface area contributed by atoms with Gasteiger partial charge in [0.2, 0.25) is 0 Å². The van der Waals surface area contributed by atoms with Crippen molar-refractivity contribution in [3.05, 3.63) is 22.9 Å². The number of hydrogen-bond acceptors (Lipinski definition) is 3. The van der Waals surface area contributed by atoms with E-state index < -0.39 is 6.43 Å². The van der Waals surface area contributed by atoms with Gasteiger partial charge in [-0.15, -0.1) is 0 Å². The summed E-state index contributed by atoms with van der Waals surface area (Å²) in [6, 6.07) is 1.99. The van der Waals surface area contributed by atoms with Gasteiger partial charge in [-0.05, 0) is 46.2 Å². The van der Waals surface area contributed by atoms with Crippen molar-refractivity contribution in [3.8, 4) is 0 Å². The smallest absolute Gasteiger partial charge is 0.255 e. The number of pyridine rings is 1. The van der Waals surface area contributed by atoms with Crippen molar-refractivity contribution < 1.29 is 8.78 Å². The SMILES string of the molecule is Cc1cc(C)c(CNC(C)(C)C)c(N(C)CC(F)F)n1. The molecule has 20 heavy (non-hydrogen) atoms. The summed E-state index contributed by atoms with van der Waals surface area (Å²) in [7, 11) is 1.66. The van der Waals surface area contributed by atoms with E-state index in [4.69, 9.17) is 0 Å². The molecule has 1 rings (SSSR count). The van der Waals surface area contributed by atoms with Gasteiger partial charge in [-0.3, -0.25) is 0 Å². The van der Waals surface area contributed by atoms with Crippen LogP contribution in [-0.2, 0) is 6.54 Å². The fourth-order valence-corrected chi connectivity index (χ4v) is 2.02. The summed E-state index contributed by atoms with van der Waals surface area (Å²) in [5.74, 6) is 0.638. The van der Waals surface area contributed by atoms with Crippen molar-refractivity contribution in [3.63, 3.8) is 0 Å². The van der Waals surface area contributed by atoms with Gasteiger partial charge in [0.25, 0.3) is 6.43 Å². The van der Waals surface area contributed by atoms with Crippen LogP contribution in [0.2, 0.25) is 0 Å². The Morgan fingerprint density at radius 2 is 1.90 bits per heavy atom. The molecule has 0 fully saturated rings. The first-order chi connectivity index (χ1) is 9.10. The third-order valence-electron chi connectivity index (χ3n) is 3.02. The van der Waals surface area contributed by atoms with E-state index in [9.17, 15) is 8.78 Å². The van der Waals surface area contributed by atoms with Crippen LogP contribution in [-0.4, -0.2) is 30.5 Å². The van der Waals surface area contributed by atoms with E-state index >= 15 is 0 Å². The molecule has 0 radical (unpaired) electrons. The van der Waals surface area contributed by atoms with Crippen LogP contribution in [0, 0.1) is 13.8 Å². The molecule has 114 valence electrons. The van der Waals surface area contributed by atoms with Crippen LogP contribution in [0.4, 0.5) is 14.6 Å². The van der Waals surface area contributed by atoms with Crippen molar-refractivity contribution in [2.45, 2.75) is 53.1 Å². The van der Waals surface area contributed by atoms with Crippen molar-refractivity contribution in [2.24, 2.45) is 0 Å². The van der Waals surface area contributed by atoms with Gasteiger partial charge in [-0.2, -0.15) is 0 Å². The van der Waals surface area contributed by atoms with E-state index in [-0.39, 0.29) is 12.1 Å². The largest absolute Gasteiger partial charge is 0.354 e. The van der Waals surface area contributed by atoms with Gasteiger partial charge >= 0.3 is 0 Å². The first-order valence-corrected chi connectivity index (χ1v) is 6.81. The van der Waals surface area contributed by atoms with Crippen LogP contribution >= 0.6 is 0 Å². The minimum Gasteiger partial charge on any atom is -0.354 e. The summed E-state index contributed by atoms with van der Waals surface area (Å²) in [5, 5.41) is 3.39. The zero-order valence-corrected chi connectivity index (χ0v) is 13.2. The Morgan fingerprint density at radius 3 is 2.40 bits per heavy atom. The molecule has 0 saturated heterocycles. The predicted molar refractivity (Wildman–Crippen MR) is 79.6 cm³/mol. The van der Waals surface area contributed by atoms with Crippen LogP contribution < -0.4 is 10.2 Å². The molecule has 5 heteroatoms. The fourth-order valence-electron chi connectivity index (χ4n) is 2.02. The van der Waals surface area contributed by atoms with E-state index in [0.717, 1.165) is 16.8 Å². The van der Waals surface area contributed by atoms with Crippen LogP contribution in [0.5, 0.6) is 0 Å². The third-order valence-corrected chi connectivity index (χ3v) is 3.02. The maximum atomic E-state index is 12.6. The van der Waals surface area contributed by atoms with E-state index in [2.05, 4.69) is 31.1 Å². The van der Waals surface area contributed by atoms with Crippen molar-refractivity contribution >= 4 is 5.82 Å². The Bertz CT molecular complexity index is 453. The highest BCUT2D eigenvalue weighted by atomic mass is 19.3. The van der Waals surface area contributed by atoms with Crippen LogP contribution in [0.15, 0.2) is 6.07 Å². The molecule has 0 atom stereocenters. The molecule has 1 heterocycles. The number of nitrogens with zero attached hydrogens (tertiary/aromatic N) is 2. The van der Waals surface area contributed by atoms with Crippen LogP contribution in [0.25, 0.3) is 0 Å². The average molecular weight is 285 g/mol. The zero-order chi connectivity index (χ0) is 15.5. The van der Waals surface area contributed by atoms with Gasteiger partial charge in [-0.1, -0.05) is 0 Å². The second-order valence-electron chi connectivity index (χ2n) is 6.26. The monoisotopic (exact) mass is 285 g/mol. The van der Waals surface area contributed by atoms with Gasteiger partial charge in [0.1, 0.15) is 5.82 Å². The van der Waals surface area contributed by atoms with E-state index in [0.29, 0.717) is 12.4 Å². The molecular weight excluding hydrogens is 260 g/mol. The molecule has 0 aromatic carbocycles. The van der Waals surface area contributed by atoms with Crippen LogP contribution in [0.3, 0.4) is 0 Å². The summed E-state index contributed by atoms with van der Waals surface area (Å²) in [5.41, 5.74) is 2.87. The second-order valence-corrected chi connectivity index (χ2v) is 6.26. The topological polar surface area (TPSA) is 28.2 Å². The number of aromatic nitrogens is 1.